The van der Waals surface area contributed by atoms with Crippen LogP contribution in [0.25, 0.3) is 10.9 Å². The molecule has 4 aromatic carbocycles. The predicted octanol–water partition coefficient (Wildman–Crippen LogP) is 8.66. The zero-order chi connectivity index (χ0) is 32.9. The Bertz CT molecular complexity index is 1810. The molecule has 0 radical (unpaired) electrons. The summed E-state index contributed by atoms with van der Waals surface area (Å²) in [5.74, 6) is 0.591. The molecule has 0 saturated carbocycles. The smallest absolute Gasteiger partial charge is 0.416 e. The van der Waals surface area contributed by atoms with Crippen molar-refractivity contribution < 1.29 is 26.3 Å². The van der Waals surface area contributed by atoms with E-state index in [4.69, 9.17) is 4.74 Å². The van der Waals surface area contributed by atoms with Gasteiger partial charge in [-0.1, -0.05) is 78.9 Å². The van der Waals surface area contributed by atoms with Crippen molar-refractivity contribution in [1.82, 2.24) is 8.87 Å². The second-order valence-electron chi connectivity index (χ2n) is 11.8. The lowest BCUT2D eigenvalue weighted by Crippen LogP contribution is -2.31. The molecule has 0 amide bonds. The van der Waals surface area contributed by atoms with E-state index in [0.29, 0.717) is 54.9 Å². The van der Waals surface area contributed by atoms with Gasteiger partial charge < -0.3 is 4.74 Å². The number of aromatic nitrogens is 1. The second kappa shape index (κ2) is 14.1. The van der Waals surface area contributed by atoms with Crippen LogP contribution in [-0.2, 0) is 22.7 Å². The number of hydrogen-bond acceptors (Lipinski definition) is 4. The van der Waals surface area contributed by atoms with Gasteiger partial charge in [0.25, 0.3) is 0 Å². The van der Waals surface area contributed by atoms with Crippen LogP contribution in [0.5, 0.6) is 5.75 Å². The molecule has 1 heterocycles. The Morgan fingerprint density at radius 3 is 2.07 bits per heavy atom. The molecule has 0 saturated heterocycles. The highest BCUT2D eigenvalue weighted by atomic mass is 32.2. The molecule has 5 rings (SSSR count). The van der Waals surface area contributed by atoms with Crippen molar-refractivity contribution >= 4 is 20.9 Å². The van der Waals surface area contributed by atoms with Crippen molar-refractivity contribution in [1.29, 1.82) is 0 Å². The summed E-state index contributed by atoms with van der Waals surface area (Å²) in [5.41, 5.74) is 3.07. The molecule has 0 aliphatic carbocycles. The van der Waals surface area contributed by atoms with Crippen LogP contribution >= 0.6 is 0 Å². The van der Waals surface area contributed by atoms with Crippen molar-refractivity contribution in [3.8, 4) is 5.75 Å². The van der Waals surface area contributed by atoms with Crippen LogP contribution in [0.2, 0.25) is 0 Å². The van der Waals surface area contributed by atoms with Crippen LogP contribution in [0.15, 0.2) is 109 Å². The zero-order valence-electron chi connectivity index (χ0n) is 26.2. The number of benzene rings is 4. The van der Waals surface area contributed by atoms with Crippen molar-refractivity contribution in [2.45, 2.75) is 51.1 Å². The SMILES string of the molecule is Cc1c(CN(CCCOc2cccc3c2ccn3S(=O)(=O)C(C)C)CC(c2ccccc2)c2ccccc2)cccc1C(F)(F)F. The van der Waals surface area contributed by atoms with Crippen molar-refractivity contribution in [3.63, 3.8) is 0 Å². The van der Waals surface area contributed by atoms with Crippen LogP contribution < -0.4 is 4.74 Å². The molecule has 5 aromatic rings. The summed E-state index contributed by atoms with van der Waals surface area (Å²) in [6.07, 6.45) is -2.27. The molecular formula is C37H39F3N2O3S. The van der Waals surface area contributed by atoms with Crippen molar-refractivity contribution in [2.24, 2.45) is 0 Å². The number of hydrogen-bond donors (Lipinski definition) is 0. The highest BCUT2D eigenvalue weighted by molar-refractivity contribution is 7.90. The van der Waals surface area contributed by atoms with E-state index in [1.54, 1.807) is 44.3 Å². The molecule has 9 heteroatoms. The Morgan fingerprint density at radius 1 is 0.826 bits per heavy atom. The lowest BCUT2D eigenvalue weighted by molar-refractivity contribution is -0.138. The molecule has 0 spiro atoms. The molecule has 0 aliphatic heterocycles. The van der Waals surface area contributed by atoms with Gasteiger partial charge in [0.1, 0.15) is 5.75 Å². The first-order valence-electron chi connectivity index (χ1n) is 15.4. The number of halogens is 3. The van der Waals surface area contributed by atoms with Gasteiger partial charge in [-0.3, -0.25) is 4.90 Å². The van der Waals surface area contributed by atoms with Gasteiger partial charge in [-0.25, -0.2) is 12.4 Å². The summed E-state index contributed by atoms with van der Waals surface area (Å²) in [6.45, 7) is 6.69. The summed E-state index contributed by atoms with van der Waals surface area (Å²) >= 11 is 0. The number of rotatable bonds is 13. The maximum atomic E-state index is 13.8. The lowest BCUT2D eigenvalue weighted by atomic mass is 9.90. The number of fused-ring (bicyclic) bond motifs is 1. The van der Waals surface area contributed by atoms with Crippen molar-refractivity contribution in [3.05, 3.63) is 137 Å². The van der Waals surface area contributed by atoms with Gasteiger partial charge in [0, 0.05) is 37.1 Å². The van der Waals surface area contributed by atoms with Gasteiger partial charge in [0.2, 0.25) is 10.0 Å². The molecule has 0 N–H and O–H groups in total. The standard InChI is InChI=1S/C37H39F3N2O3S/c1-27(2)46(43,44)42-23-21-32-35(42)19-11-20-36(32)45-24-12-22-41(25-31-17-10-18-34(28(31)3)37(38,39)40)26-33(29-13-6-4-7-14-29)30-15-8-5-9-16-30/h4-11,13-21,23,27,33H,12,22,24-26H2,1-3H3. The Kier molecular flexibility index (Phi) is 10.2. The predicted molar refractivity (Wildman–Crippen MR) is 178 cm³/mol. The van der Waals surface area contributed by atoms with Crippen LogP contribution in [0.4, 0.5) is 13.2 Å². The summed E-state index contributed by atoms with van der Waals surface area (Å²) < 4.78 is 74.5. The average molecular weight is 649 g/mol. The summed E-state index contributed by atoms with van der Waals surface area (Å²) in [4.78, 5) is 2.20. The molecule has 1 aromatic heterocycles. The van der Waals surface area contributed by atoms with E-state index >= 15 is 0 Å². The molecule has 46 heavy (non-hydrogen) atoms. The normalized spacial score (nSPS) is 12.5. The number of ether oxygens (including phenoxy) is 1. The summed E-state index contributed by atoms with van der Waals surface area (Å²) in [6, 6.07) is 31.8. The van der Waals surface area contributed by atoms with Gasteiger partial charge in [-0.05, 0) is 73.7 Å². The Hall–Kier alpha value is -4.08. The van der Waals surface area contributed by atoms with Gasteiger partial charge in [-0.2, -0.15) is 13.2 Å². The van der Waals surface area contributed by atoms with E-state index in [1.807, 2.05) is 42.5 Å². The minimum Gasteiger partial charge on any atom is -0.493 e. The highest BCUT2D eigenvalue weighted by Crippen LogP contribution is 2.34. The van der Waals surface area contributed by atoms with Crippen LogP contribution in [-0.4, -0.2) is 42.2 Å². The Balaban J connectivity index is 1.38. The maximum Gasteiger partial charge on any atom is 0.416 e. The van der Waals surface area contributed by atoms with E-state index in [9.17, 15) is 21.6 Å². The van der Waals surface area contributed by atoms with E-state index < -0.39 is 27.0 Å². The molecule has 0 bridgehead atoms. The summed E-state index contributed by atoms with van der Waals surface area (Å²) in [5, 5.41) is 0.131. The van der Waals surface area contributed by atoms with E-state index in [1.165, 1.54) is 17.0 Å². The fourth-order valence-corrected chi connectivity index (χ4v) is 6.95. The van der Waals surface area contributed by atoms with Gasteiger partial charge in [0.05, 0.1) is 22.9 Å². The average Bonchev–Trinajstić information content (AvgIpc) is 3.49. The minimum atomic E-state index is -4.43. The maximum absolute atomic E-state index is 13.8. The minimum absolute atomic E-state index is 0.00541. The van der Waals surface area contributed by atoms with E-state index in [0.717, 1.165) is 17.2 Å². The first-order chi connectivity index (χ1) is 22.0. The van der Waals surface area contributed by atoms with Crippen LogP contribution in [0.1, 0.15) is 54.0 Å². The molecule has 0 fully saturated rings. The quantitative estimate of drug-likeness (QED) is 0.120. The fraction of sp³-hybridized carbons (Fsp3) is 0.297. The van der Waals surface area contributed by atoms with Gasteiger partial charge >= 0.3 is 6.18 Å². The molecular weight excluding hydrogens is 609 g/mol. The van der Waals surface area contributed by atoms with E-state index in [2.05, 4.69) is 29.2 Å². The monoisotopic (exact) mass is 648 g/mol. The molecule has 0 unspecified atom stereocenters. The topological polar surface area (TPSA) is 51.5 Å². The molecule has 5 nitrogen and oxygen atoms in total. The number of nitrogens with zero attached hydrogens (tertiary/aromatic N) is 2. The lowest BCUT2D eigenvalue weighted by Gasteiger charge is -2.29. The third kappa shape index (κ3) is 7.48. The Morgan fingerprint density at radius 2 is 1.46 bits per heavy atom. The fourth-order valence-electron chi connectivity index (χ4n) is 5.83. The third-order valence-corrected chi connectivity index (χ3v) is 10.5. The van der Waals surface area contributed by atoms with Crippen LogP contribution in [0, 0.1) is 6.92 Å². The largest absolute Gasteiger partial charge is 0.493 e. The number of alkyl halides is 3. The zero-order valence-corrected chi connectivity index (χ0v) is 27.1. The molecule has 242 valence electrons. The third-order valence-electron chi connectivity index (χ3n) is 8.39. The molecule has 0 atom stereocenters. The van der Waals surface area contributed by atoms with E-state index in [-0.39, 0.29) is 11.5 Å². The molecule has 0 aliphatic rings. The highest BCUT2D eigenvalue weighted by Gasteiger charge is 2.33. The first kappa shape index (κ1) is 33.3. The second-order valence-corrected chi connectivity index (χ2v) is 14.2. The van der Waals surface area contributed by atoms with Crippen LogP contribution in [0.3, 0.4) is 0 Å². The van der Waals surface area contributed by atoms with Gasteiger partial charge in [-0.15, -0.1) is 0 Å². The van der Waals surface area contributed by atoms with Gasteiger partial charge in [0.15, 0.2) is 0 Å². The first-order valence-corrected chi connectivity index (χ1v) is 16.9. The summed E-state index contributed by atoms with van der Waals surface area (Å²) in [7, 11) is -3.53. The van der Waals surface area contributed by atoms with Crippen molar-refractivity contribution in [2.75, 3.05) is 19.7 Å². The Labute approximate surface area is 269 Å².